The van der Waals surface area contributed by atoms with E-state index < -0.39 is 5.82 Å². The second-order valence-electron chi connectivity index (χ2n) is 8.03. The molecule has 0 radical (unpaired) electrons. The van der Waals surface area contributed by atoms with E-state index in [0.29, 0.717) is 25.3 Å². The van der Waals surface area contributed by atoms with Gasteiger partial charge in [-0.25, -0.2) is 4.39 Å². The van der Waals surface area contributed by atoms with Crippen LogP contribution in [0.1, 0.15) is 37.9 Å². The Morgan fingerprint density at radius 2 is 1.62 bits per heavy atom. The molecule has 1 unspecified atom stereocenters. The van der Waals surface area contributed by atoms with Crippen LogP contribution in [0.15, 0.2) is 72.8 Å². The predicted molar refractivity (Wildman–Crippen MR) is 127 cm³/mol. The number of hydrogen-bond acceptors (Lipinski definition) is 5. The van der Waals surface area contributed by atoms with Gasteiger partial charge >= 0.3 is 0 Å². The quantitative estimate of drug-likeness (QED) is 0.515. The third kappa shape index (κ3) is 5.50. The maximum absolute atomic E-state index is 13.3. The van der Waals surface area contributed by atoms with Crippen LogP contribution in [-0.2, 0) is 4.74 Å². The summed E-state index contributed by atoms with van der Waals surface area (Å²) in [6.07, 6.45) is 0. The van der Waals surface area contributed by atoms with E-state index in [1.54, 1.807) is 31.4 Å². The summed E-state index contributed by atoms with van der Waals surface area (Å²) in [5.74, 6) is -0.319. The molecular formula is C27H27FN2O4. The van der Waals surface area contributed by atoms with Crippen molar-refractivity contribution in [3.05, 3.63) is 101 Å². The summed E-state index contributed by atoms with van der Waals surface area (Å²) in [6.45, 7) is 3.15. The number of halogens is 1. The smallest absolute Gasteiger partial charge is 0.252 e. The Hall–Kier alpha value is -3.55. The molecule has 1 atom stereocenters. The molecule has 0 spiro atoms. The number of morpholine rings is 1. The summed E-state index contributed by atoms with van der Waals surface area (Å²) in [5.41, 5.74) is 1.94. The Morgan fingerprint density at radius 1 is 0.971 bits per heavy atom. The number of rotatable bonds is 8. The topological polar surface area (TPSA) is 67.9 Å². The van der Waals surface area contributed by atoms with E-state index in [-0.39, 0.29) is 28.9 Å². The van der Waals surface area contributed by atoms with E-state index in [4.69, 9.17) is 9.47 Å². The first-order chi connectivity index (χ1) is 16.6. The summed E-state index contributed by atoms with van der Waals surface area (Å²) in [5, 5.41) is 3.01. The number of methoxy groups -OCH3 is 1. The molecular weight excluding hydrogens is 435 g/mol. The minimum Gasteiger partial charge on any atom is -0.497 e. The van der Waals surface area contributed by atoms with Crippen LogP contribution in [0.5, 0.6) is 5.75 Å². The highest BCUT2D eigenvalue weighted by Gasteiger charge is 2.25. The number of ketones is 1. The summed E-state index contributed by atoms with van der Waals surface area (Å²) in [4.78, 5) is 28.5. The Morgan fingerprint density at radius 3 is 2.26 bits per heavy atom. The Bertz CT molecular complexity index is 1130. The van der Waals surface area contributed by atoms with E-state index in [9.17, 15) is 14.0 Å². The molecule has 7 heteroatoms. The third-order valence-corrected chi connectivity index (χ3v) is 5.97. The van der Waals surface area contributed by atoms with Gasteiger partial charge in [-0.3, -0.25) is 14.5 Å². The lowest BCUT2D eigenvalue weighted by Gasteiger charge is -2.35. The molecule has 1 aliphatic rings. The number of amides is 1. The molecule has 6 nitrogen and oxygen atoms in total. The van der Waals surface area contributed by atoms with Gasteiger partial charge in [0.2, 0.25) is 0 Å². The van der Waals surface area contributed by atoms with Crippen LogP contribution in [0.3, 0.4) is 0 Å². The second-order valence-corrected chi connectivity index (χ2v) is 8.03. The lowest BCUT2D eigenvalue weighted by molar-refractivity contribution is 0.0162. The van der Waals surface area contributed by atoms with Crippen molar-refractivity contribution in [1.29, 1.82) is 0 Å². The average Bonchev–Trinajstić information content (AvgIpc) is 2.89. The van der Waals surface area contributed by atoms with Crippen LogP contribution in [0, 0.1) is 5.82 Å². The highest BCUT2D eigenvalue weighted by atomic mass is 19.1. The van der Waals surface area contributed by atoms with Crippen molar-refractivity contribution in [1.82, 2.24) is 10.2 Å². The fourth-order valence-electron chi connectivity index (χ4n) is 4.09. The SMILES string of the molecule is COc1ccc(C(CNC(=O)c2ccccc2C(=O)c2ccc(F)cc2)N2CCOCC2)cc1. The average molecular weight is 463 g/mol. The van der Waals surface area contributed by atoms with Gasteiger partial charge in [0.15, 0.2) is 5.78 Å². The van der Waals surface area contributed by atoms with E-state index in [2.05, 4.69) is 10.2 Å². The van der Waals surface area contributed by atoms with Gasteiger partial charge in [-0.05, 0) is 48.0 Å². The molecule has 1 saturated heterocycles. The van der Waals surface area contributed by atoms with Crippen LogP contribution in [0.25, 0.3) is 0 Å². The van der Waals surface area contributed by atoms with Crippen LogP contribution in [-0.4, -0.2) is 56.5 Å². The number of carbonyl (C=O) groups is 2. The summed E-state index contributed by atoms with van der Waals surface area (Å²) in [7, 11) is 1.62. The molecule has 1 aliphatic heterocycles. The maximum atomic E-state index is 13.3. The largest absolute Gasteiger partial charge is 0.497 e. The first-order valence-corrected chi connectivity index (χ1v) is 11.2. The Labute approximate surface area is 198 Å². The lowest BCUT2D eigenvalue weighted by atomic mass is 9.97. The zero-order chi connectivity index (χ0) is 23.9. The zero-order valence-electron chi connectivity index (χ0n) is 19.0. The molecule has 1 amide bonds. The van der Waals surface area contributed by atoms with Crippen molar-refractivity contribution in [2.24, 2.45) is 0 Å². The van der Waals surface area contributed by atoms with Gasteiger partial charge in [0.25, 0.3) is 5.91 Å². The molecule has 3 aromatic rings. The molecule has 0 bridgehead atoms. The van der Waals surface area contributed by atoms with E-state index in [1.807, 2.05) is 24.3 Å². The van der Waals surface area contributed by atoms with E-state index in [1.165, 1.54) is 24.3 Å². The fraction of sp³-hybridized carbons (Fsp3) is 0.259. The normalized spacial score (nSPS) is 14.9. The Balaban J connectivity index is 1.53. The molecule has 34 heavy (non-hydrogen) atoms. The molecule has 0 saturated carbocycles. The van der Waals surface area contributed by atoms with Crippen LogP contribution < -0.4 is 10.1 Å². The van der Waals surface area contributed by atoms with Gasteiger partial charge < -0.3 is 14.8 Å². The molecule has 0 aliphatic carbocycles. The second kappa shape index (κ2) is 11.0. The molecule has 1 heterocycles. The predicted octanol–water partition coefficient (Wildman–Crippen LogP) is 3.87. The lowest BCUT2D eigenvalue weighted by Crippen LogP contribution is -2.44. The molecule has 176 valence electrons. The number of benzene rings is 3. The highest BCUT2D eigenvalue weighted by Crippen LogP contribution is 2.24. The molecule has 1 fully saturated rings. The number of nitrogens with zero attached hydrogens (tertiary/aromatic N) is 1. The van der Waals surface area contributed by atoms with Gasteiger partial charge in [0, 0.05) is 30.8 Å². The van der Waals surface area contributed by atoms with E-state index in [0.717, 1.165) is 24.4 Å². The highest BCUT2D eigenvalue weighted by molar-refractivity contribution is 6.15. The van der Waals surface area contributed by atoms with Crippen molar-refractivity contribution in [3.8, 4) is 5.75 Å². The van der Waals surface area contributed by atoms with Crippen molar-refractivity contribution >= 4 is 11.7 Å². The standard InChI is InChI=1S/C27H27FN2O4/c1-33-22-12-8-19(9-13-22)25(30-14-16-34-17-15-30)18-29-27(32)24-5-3-2-4-23(24)26(31)20-6-10-21(28)11-7-20/h2-13,25H,14-18H2,1H3,(H,29,32). The van der Waals surface area contributed by atoms with Gasteiger partial charge in [0.05, 0.1) is 31.9 Å². The van der Waals surface area contributed by atoms with Crippen molar-refractivity contribution in [3.63, 3.8) is 0 Å². The zero-order valence-corrected chi connectivity index (χ0v) is 19.0. The van der Waals surface area contributed by atoms with Gasteiger partial charge in [-0.15, -0.1) is 0 Å². The van der Waals surface area contributed by atoms with Crippen molar-refractivity contribution in [2.75, 3.05) is 40.0 Å². The number of hydrogen-bond donors (Lipinski definition) is 1. The molecule has 4 rings (SSSR count). The minimum atomic E-state index is -0.421. The Kier molecular flexibility index (Phi) is 7.67. The van der Waals surface area contributed by atoms with Crippen LogP contribution in [0.4, 0.5) is 4.39 Å². The van der Waals surface area contributed by atoms with Crippen LogP contribution >= 0.6 is 0 Å². The molecule has 3 aromatic carbocycles. The van der Waals surface area contributed by atoms with Crippen molar-refractivity contribution in [2.45, 2.75) is 6.04 Å². The number of carbonyl (C=O) groups excluding carboxylic acids is 2. The molecule has 1 N–H and O–H groups in total. The van der Waals surface area contributed by atoms with Crippen LogP contribution in [0.2, 0.25) is 0 Å². The van der Waals surface area contributed by atoms with Crippen molar-refractivity contribution < 1.29 is 23.5 Å². The third-order valence-electron chi connectivity index (χ3n) is 5.97. The fourth-order valence-corrected chi connectivity index (χ4v) is 4.09. The van der Waals surface area contributed by atoms with Gasteiger partial charge in [-0.2, -0.15) is 0 Å². The monoisotopic (exact) mass is 462 g/mol. The number of nitrogens with one attached hydrogen (secondary N) is 1. The molecule has 0 aromatic heterocycles. The van der Waals surface area contributed by atoms with Gasteiger partial charge in [0.1, 0.15) is 11.6 Å². The first kappa shape index (κ1) is 23.6. The summed E-state index contributed by atoms with van der Waals surface area (Å²) in [6, 6.07) is 19.7. The summed E-state index contributed by atoms with van der Waals surface area (Å²) >= 11 is 0. The minimum absolute atomic E-state index is 0.0567. The van der Waals surface area contributed by atoms with E-state index >= 15 is 0 Å². The first-order valence-electron chi connectivity index (χ1n) is 11.2. The summed E-state index contributed by atoms with van der Waals surface area (Å²) < 4.78 is 24.0. The maximum Gasteiger partial charge on any atom is 0.252 e. The van der Waals surface area contributed by atoms with Gasteiger partial charge in [-0.1, -0.05) is 30.3 Å². The number of ether oxygens (including phenoxy) is 2.